The van der Waals surface area contributed by atoms with Crippen LogP contribution < -0.4 is 10.1 Å². The van der Waals surface area contributed by atoms with Crippen molar-refractivity contribution in [2.75, 3.05) is 26.8 Å². The highest BCUT2D eigenvalue weighted by Crippen LogP contribution is 2.33. The zero-order valence-corrected chi connectivity index (χ0v) is 10.4. The minimum Gasteiger partial charge on any atom is -0.496 e. The van der Waals surface area contributed by atoms with Crippen LogP contribution in [-0.4, -0.2) is 31.9 Å². The van der Waals surface area contributed by atoms with E-state index in [1.807, 2.05) is 18.2 Å². The van der Waals surface area contributed by atoms with Gasteiger partial charge >= 0.3 is 0 Å². The van der Waals surface area contributed by atoms with Crippen molar-refractivity contribution in [2.24, 2.45) is 5.41 Å². The third-order valence-corrected chi connectivity index (χ3v) is 3.65. The summed E-state index contributed by atoms with van der Waals surface area (Å²) in [5.74, 6) is 0.922. The number of aliphatic hydroxyl groups excluding tert-OH is 1. The van der Waals surface area contributed by atoms with Gasteiger partial charge in [-0.2, -0.15) is 0 Å². The number of methoxy groups -OCH3 is 1. The minimum atomic E-state index is -0.0209. The zero-order valence-electron chi connectivity index (χ0n) is 10.4. The van der Waals surface area contributed by atoms with Crippen molar-refractivity contribution < 1.29 is 9.84 Å². The average Bonchev–Trinajstić information content (AvgIpc) is 2.40. The van der Waals surface area contributed by atoms with Crippen molar-refractivity contribution in [1.29, 1.82) is 0 Å². The lowest BCUT2D eigenvalue weighted by Crippen LogP contribution is -2.44. The Morgan fingerprint density at radius 2 is 2.24 bits per heavy atom. The summed E-state index contributed by atoms with van der Waals surface area (Å²) in [5.41, 5.74) is 1.17. The van der Waals surface area contributed by atoms with Gasteiger partial charge in [0.2, 0.25) is 0 Å². The Bertz CT molecular complexity index is 359. The number of rotatable bonds is 4. The van der Waals surface area contributed by atoms with Crippen LogP contribution in [0.2, 0.25) is 0 Å². The number of piperidine rings is 1. The summed E-state index contributed by atoms with van der Waals surface area (Å²) >= 11 is 0. The first kappa shape index (κ1) is 12.4. The van der Waals surface area contributed by atoms with E-state index >= 15 is 0 Å². The molecule has 1 aromatic carbocycles. The maximum absolute atomic E-state index is 9.69. The number of benzene rings is 1. The smallest absolute Gasteiger partial charge is 0.122 e. The van der Waals surface area contributed by atoms with E-state index in [1.165, 1.54) is 5.56 Å². The SMILES string of the molecule is COc1ccccc1CC1(CO)CCCNC1. The summed E-state index contributed by atoms with van der Waals surface area (Å²) < 4.78 is 5.37. The van der Waals surface area contributed by atoms with E-state index in [4.69, 9.17) is 4.74 Å². The van der Waals surface area contributed by atoms with Gasteiger partial charge in [0, 0.05) is 12.0 Å². The first-order valence-electron chi connectivity index (χ1n) is 6.23. The van der Waals surface area contributed by atoms with Gasteiger partial charge in [0.1, 0.15) is 5.75 Å². The molecule has 0 amide bonds. The van der Waals surface area contributed by atoms with Gasteiger partial charge in [0.05, 0.1) is 13.7 Å². The normalized spacial score (nSPS) is 24.6. The predicted molar refractivity (Wildman–Crippen MR) is 68.3 cm³/mol. The van der Waals surface area contributed by atoms with Gasteiger partial charge in [0.25, 0.3) is 0 Å². The molecular weight excluding hydrogens is 214 g/mol. The van der Waals surface area contributed by atoms with Crippen LogP contribution in [0, 0.1) is 5.41 Å². The van der Waals surface area contributed by atoms with Gasteiger partial charge in [-0.15, -0.1) is 0 Å². The van der Waals surface area contributed by atoms with Crippen molar-refractivity contribution in [1.82, 2.24) is 5.32 Å². The molecule has 1 aliphatic rings. The first-order chi connectivity index (χ1) is 8.29. The first-order valence-corrected chi connectivity index (χ1v) is 6.23. The van der Waals surface area contributed by atoms with Gasteiger partial charge in [-0.05, 0) is 37.4 Å². The zero-order chi connectivity index (χ0) is 12.1. The second kappa shape index (κ2) is 5.52. The largest absolute Gasteiger partial charge is 0.496 e. The number of ether oxygens (including phenoxy) is 1. The van der Waals surface area contributed by atoms with Crippen molar-refractivity contribution in [2.45, 2.75) is 19.3 Å². The molecule has 1 heterocycles. The third-order valence-electron chi connectivity index (χ3n) is 3.65. The fraction of sp³-hybridized carbons (Fsp3) is 0.571. The van der Waals surface area contributed by atoms with Gasteiger partial charge in [0.15, 0.2) is 0 Å². The highest BCUT2D eigenvalue weighted by Gasteiger charge is 2.32. The highest BCUT2D eigenvalue weighted by atomic mass is 16.5. The van der Waals surface area contributed by atoms with Crippen LogP contribution in [-0.2, 0) is 6.42 Å². The van der Waals surface area contributed by atoms with Crippen LogP contribution in [0.1, 0.15) is 18.4 Å². The van der Waals surface area contributed by atoms with E-state index in [2.05, 4.69) is 11.4 Å². The van der Waals surface area contributed by atoms with Crippen LogP contribution >= 0.6 is 0 Å². The van der Waals surface area contributed by atoms with Crippen LogP contribution in [0.15, 0.2) is 24.3 Å². The van der Waals surface area contributed by atoms with E-state index in [9.17, 15) is 5.11 Å². The molecule has 1 fully saturated rings. The second-order valence-electron chi connectivity index (χ2n) is 4.93. The fourth-order valence-electron chi connectivity index (χ4n) is 2.63. The molecule has 0 radical (unpaired) electrons. The molecule has 3 nitrogen and oxygen atoms in total. The maximum Gasteiger partial charge on any atom is 0.122 e. The van der Waals surface area contributed by atoms with Crippen LogP contribution in [0.25, 0.3) is 0 Å². The van der Waals surface area contributed by atoms with Crippen molar-refractivity contribution in [3.8, 4) is 5.75 Å². The monoisotopic (exact) mass is 235 g/mol. The maximum atomic E-state index is 9.69. The van der Waals surface area contributed by atoms with E-state index in [0.717, 1.165) is 38.1 Å². The summed E-state index contributed by atoms with van der Waals surface area (Å²) in [7, 11) is 1.70. The molecule has 2 N–H and O–H groups in total. The molecule has 0 aliphatic carbocycles. The lowest BCUT2D eigenvalue weighted by atomic mass is 9.76. The van der Waals surface area contributed by atoms with Crippen molar-refractivity contribution >= 4 is 0 Å². The number of aliphatic hydroxyl groups is 1. The Morgan fingerprint density at radius 3 is 2.88 bits per heavy atom. The molecule has 17 heavy (non-hydrogen) atoms. The number of para-hydroxylation sites is 1. The molecule has 94 valence electrons. The molecule has 0 spiro atoms. The summed E-state index contributed by atoms with van der Waals surface area (Å²) in [4.78, 5) is 0. The van der Waals surface area contributed by atoms with Gasteiger partial charge in [-0.3, -0.25) is 0 Å². The molecule has 1 aliphatic heterocycles. The fourth-order valence-corrected chi connectivity index (χ4v) is 2.63. The Kier molecular flexibility index (Phi) is 4.02. The van der Waals surface area contributed by atoms with Gasteiger partial charge in [-0.1, -0.05) is 18.2 Å². The predicted octanol–water partition coefficient (Wildman–Crippen LogP) is 1.60. The molecule has 0 saturated carbocycles. The molecule has 1 atom stereocenters. The Morgan fingerprint density at radius 1 is 1.41 bits per heavy atom. The molecule has 0 bridgehead atoms. The number of hydrogen-bond donors (Lipinski definition) is 2. The molecule has 3 heteroatoms. The summed E-state index contributed by atoms with van der Waals surface area (Å²) in [6, 6.07) is 8.08. The Balaban J connectivity index is 2.17. The molecule has 2 rings (SSSR count). The topological polar surface area (TPSA) is 41.5 Å². The number of nitrogens with one attached hydrogen (secondary N) is 1. The summed E-state index contributed by atoms with van der Waals surface area (Å²) in [6.45, 7) is 2.19. The Labute approximate surface area is 103 Å². The van der Waals surface area contributed by atoms with Crippen LogP contribution in [0.4, 0.5) is 0 Å². The molecular formula is C14H21NO2. The summed E-state index contributed by atoms with van der Waals surface area (Å²) in [5, 5.41) is 13.1. The quantitative estimate of drug-likeness (QED) is 0.833. The van der Waals surface area contributed by atoms with Crippen molar-refractivity contribution in [3.05, 3.63) is 29.8 Å². The summed E-state index contributed by atoms with van der Waals surface area (Å²) in [6.07, 6.45) is 3.09. The lowest BCUT2D eigenvalue weighted by Gasteiger charge is -2.36. The standard InChI is InChI=1S/C14H21NO2/c1-17-13-6-3-2-5-12(13)9-14(11-16)7-4-8-15-10-14/h2-3,5-6,15-16H,4,7-11H2,1H3. The lowest BCUT2D eigenvalue weighted by molar-refractivity contribution is 0.0941. The molecule has 1 saturated heterocycles. The van der Waals surface area contributed by atoms with Crippen LogP contribution in [0.3, 0.4) is 0 Å². The van der Waals surface area contributed by atoms with E-state index in [-0.39, 0.29) is 12.0 Å². The molecule has 1 aromatic rings. The van der Waals surface area contributed by atoms with Crippen molar-refractivity contribution in [3.63, 3.8) is 0 Å². The Hall–Kier alpha value is -1.06. The van der Waals surface area contributed by atoms with Crippen LogP contribution in [0.5, 0.6) is 5.75 Å². The van der Waals surface area contributed by atoms with Gasteiger partial charge < -0.3 is 15.2 Å². The third kappa shape index (κ3) is 2.79. The van der Waals surface area contributed by atoms with E-state index in [0.29, 0.717) is 0 Å². The second-order valence-corrected chi connectivity index (χ2v) is 4.93. The number of hydrogen-bond acceptors (Lipinski definition) is 3. The highest BCUT2D eigenvalue weighted by molar-refractivity contribution is 5.34. The average molecular weight is 235 g/mol. The van der Waals surface area contributed by atoms with E-state index in [1.54, 1.807) is 7.11 Å². The molecule has 0 aromatic heterocycles. The van der Waals surface area contributed by atoms with Gasteiger partial charge in [-0.25, -0.2) is 0 Å². The van der Waals surface area contributed by atoms with E-state index < -0.39 is 0 Å². The molecule has 1 unspecified atom stereocenters. The minimum absolute atomic E-state index is 0.0209.